The van der Waals surface area contributed by atoms with Gasteiger partial charge in [-0.25, -0.2) is 0 Å². The third-order valence-electron chi connectivity index (χ3n) is 9.15. The van der Waals surface area contributed by atoms with Gasteiger partial charge >= 0.3 is 17.1 Å². The van der Waals surface area contributed by atoms with E-state index in [0.717, 1.165) is 88.7 Å². The van der Waals surface area contributed by atoms with Crippen LogP contribution in [0.15, 0.2) is 170 Å². The first-order valence-electron chi connectivity index (χ1n) is 16.3. The van der Waals surface area contributed by atoms with E-state index in [-0.39, 0.29) is 17.1 Å². The molecule has 1 radical (unpaired) electrons. The predicted octanol–water partition coefficient (Wildman–Crippen LogP) is 6.30. The van der Waals surface area contributed by atoms with Crippen molar-refractivity contribution in [1.29, 1.82) is 0 Å². The number of rotatable bonds is 4. The summed E-state index contributed by atoms with van der Waals surface area (Å²) in [5.74, 6) is 0. The van der Waals surface area contributed by atoms with E-state index in [1.165, 1.54) is 0 Å². The maximum absolute atomic E-state index is 3.84. The van der Waals surface area contributed by atoms with Crippen LogP contribution in [0.5, 0.6) is 0 Å². The van der Waals surface area contributed by atoms with Crippen molar-refractivity contribution in [2.45, 2.75) is 0 Å². The molecule has 4 aromatic carbocycles. The Hall–Kier alpha value is -6.00. The fraction of sp³-hybridized carbons (Fsp3) is 0. The Bertz CT molecular complexity index is 2280. The number of benzene rings is 4. The van der Waals surface area contributed by atoms with Crippen LogP contribution in [-0.2, 0) is 17.1 Å². The first kappa shape index (κ1) is 30.3. The molecule has 1 aliphatic rings. The van der Waals surface area contributed by atoms with Crippen LogP contribution in [0, 0.1) is 0 Å². The molecule has 233 valence electrons. The maximum Gasteiger partial charge on any atom is 3.00 e. The minimum absolute atomic E-state index is 0. The average Bonchev–Trinajstić information content (AvgIpc) is 3.98. The van der Waals surface area contributed by atoms with Crippen LogP contribution in [0.3, 0.4) is 0 Å². The molecule has 5 heterocycles. The van der Waals surface area contributed by atoms with Gasteiger partial charge in [0, 0.05) is 66.5 Å². The second-order valence-corrected chi connectivity index (χ2v) is 12.1. The van der Waals surface area contributed by atoms with Gasteiger partial charge in [0.05, 0.1) is 0 Å². The Morgan fingerprint density at radius 2 is 0.449 bits per heavy atom. The molecule has 0 aliphatic carbocycles. The average molecular weight is 673 g/mol. The molecule has 0 saturated carbocycles. The Morgan fingerprint density at radius 3 is 0.673 bits per heavy atom. The summed E-state index contributed by atoms with van der Waals surface area (Å²) in [5.41, 5.74) is 13.1. The van der Waals surface area contributed by atoms with Gasteiger partial charge in [0.1, 0.15) is 0 Å². The zero-order chi connectivity index (χ0) is 31.9. The van der Waals surface area contributed by atoms with Gasteiger partial charge in [0.2, 0.25) is 0 Å². The Labute approximate surface area is 294 Å². The van der Waals surface area contributed by atoms with E-state index < -0.39 is 0 Å². The molecular formula is C44H32FeN4+3. The van der Waals surface area contributed by atoms with Crippen molar-refractivity contribution in [1.82, 2.24) is 19.9 Å². The third kappa shape index (κ3) is 5.55. The van der Waals surface area contributed by atoms with Gasteiger partial charge in [-0.15, -0.1) is 0 Å². The molecule has 1 aliphatic heterocycles. The molecule has 9 rings (SSSR count). The van der Waals surface area contributed by atoms with Crippen LogP contribution in [0.2, 0.25) is 0 Å². The Kier molecular flexibility index (Phi) is 7.98. The third-order valence-corrected chi connectivity index (χ3v) is 9.15. The van der Waals surface area contributed by atoms with Gasteiger partial charge in [-0.05, 0) is 70.8 Å². The molecule has 0 amide bonds. The normalized spacial score (nSPS) is 12.6. The molecule has 0 unspecified atom stereocenters. The van der Waals surface area contributed by atoms with Gasteiger partial charge in [0.25, 0.3) is 0 Å². The van der Waals surface area contributed by atoms with Crippen molar-refractivity contribution in [3.63, 3.8) is 0 Å². The monoisotopic (exact) mass is 672 g/mol. The van der Waals surface area contributed by atoms with Crippen molar-refractivity contribution in [2.24, 2.45) is 0 Å². The summed E-state index contributed by atoms with van der Waals surface area (Å²) in [4.78, 5) is 15.4. The van der Waals surface area contributed by atoms with E-state index in [1.807, 2.05) is 0 Å². The fourth-order valence-electron chi connectivity index (χ4n) is 6.99. The molecule has 0 spiro atoms. The fourth-order valence-corrected chi connectivity index (χ4v) is 6.99. The van der Waals surface area contributed by atoms with Gasteiger partial charge < -0.3 is 19.9 Å². The summed E-state index contributed by atoms with van der Waals surface area (Å²) < 4.78 is 0. The maximum atomic E-state index is 3.84. The molecule has 8 aromatic rings. The number of H-pyrrole nitrogens is 4. The molecule has 0 atom stereocenters. The van der Waals surface area contributed by atoms with Crippen LogP contribution >= 0.6 is 0 Å². The molecule has 4 N–H and O–H groups in total. The molecule has 0 fully saturated rings. The van der Waals surface area contributed by atoms with E-state index >= 15 is 0 Å². The number of aromatic nitrogens is 4. The van der Waals surface area contributed by atoms with Crippen LogP contribution < -0.4 is 21.4 Å². The zero-order valence-corrected chi connectivity index (χ0v) is 27.6. The van der Waals surface area contributed by atoms with Crippen LogP contribution in [-0.4, -0.2) is 19.9 Å². The van der Waals surface area contributed by atoms with Crippen LogP contribution in [0.1, 0.15) is 45.0 Å². The van der Waals surface area contributed by atoms with Gasteiger partial charge in [-0.2, -0.15) is 0 Å². The molecular weight excluding hydrogens is 640 g/mol. The van der Waals surface area contributed by atoms with E-state index in [4.69, 9.17) is 0 Å². The van der Waals surface area contributed by atoms with Crippen molar-refractivity contribution < 1.29 is 17.1 Å². The quantitative estimate of drug-likeness (QED) is 0.159. The van der Waals surface area contributed by atoms with E-state index in [2.05, 4.69) is 190 Å². The summed E-state index contributed by atoms with van der Waals surface area (Å²) in [5, 5.41) is 4.16. The second kappa shape index (κ2) is 12.9. The SMILES string of the molecule is [Fe+3].c1ccc(C2=c3ccc([nH]3)=C(c3ccccc3)c3ccc([nH]3)C(c3ccccc3)=c3ccc([nH]3)=C(c3ccccc3)c3ccc2[nH]3)cc1. The minimum Gasteiger partial charge on any atom is -0.354 e. The smallest absolute Gasteiger partial charge is 0.354 e. The van der Waals surface area contributed by atoms with Crippen LogP contribution in [0.4, 0.5) is 0 Å². The standard InChI is InChI=1S/C44H32N4.Fe/c1-5-13-29(14-6-1)41-33-21-23-35(45-33)42(30-15-7-2-8-16-30)37-25-27-39(47-37)44(32-19-11-4-12-20-32)40-28-26-38(48-40)43(31-17-9-3-10-18-31)36-24-22-34(41)46-36;/h1-28,45-48H;/q;+3. The zero-order valence-electron chi connectivity index (χ0n) is 26.5. The summed E-state index contributed by atoms with van der Waals surface area (Å²) in [6.45, 7) is 0. The summed E-state index contributed by atoms with van der Waals surface area (Å²) in [6.07, 6.45) is 0. The molecule has 49 heavy (non-hydrogen) atoms. The molecule has 8 bridgehead atoms. The van der Waals surface area contributed by atoms with E-state index in [0.29, 0.717) is 0 Å². The van der Waals surface area contributed by atoms with Gasteiger partial charge in [-0.3, -0.25) is 0 Å². The van der Waals surface area contributed by atoms with Crippen molar-refractivity contribution in [3.8, 4) is 0 Å². The number of fused-ring (bicyclic) bond motifs is 8. The first-order chi connectivity index (χ1) is 23.8. The second-order valence-electron chi connectivity index (χ2n) is 12.1. The Morgan fingerprint density at radius 1 is 0.224 bits per heavy atom. The molecule has 4 nitrogen and oxygen atoms in total. The number of nitrogens with one attached hydrogen (secondary N) is 4. The van der Waals surface area contributed by atoms with Gasteiger partial charge in [0.15, 0.2) is 0 Å². The van der Waals surface area contributed by atoms with Crippen molar-refractivity contribution in [2.75, 3.05) is 0 Å². The Balaban J connectivity index is 0.00000348. The summed E-state index contributed by atoms with van der Waals surface area (Å²) in [6, 6.07) is 60.0. The summed E-state index contributed by atoms with van der Waals surface area (Å²) >= 11 is 0. The molecule has 0 saturated heterocycles. The van der Waals surface area contributed by atoms with Crippen LogP contribution in [0.25, 0.3) is 22.3 Å². The predicted molar refractivity (Wildman–Crippen MR) is 194 cm³/mol. The van der Waals surface area contributed by atoms with E-state index in [9.17, 15) is 0 Å². The number of aromatic amines is 4. The van der Waals surface area contributed by atoms with E-state index in [1.54, 1.807) is 0 Å². The van der Waals surface area contributed by atoms with Crippen molar-refractivity contribution in [3.05, 3.63) is 236 Å². The topological polar surface area (TPSA) is 63.2 Å². The molecule has 5 heteroatoms. The number of hydrogen-bond acceptors (Lipinski definition) is 0. The van der Waals surface area contributed by atoms with Gasteiger partial charge in [-0.1, -0.05) is 121 Å². The largest absolute Gasteiger partial charge is 3.00 e. The number of hydrogen-bond donors (Lipinski definition) is 4. The minimum atomic E-state index is 0. The summed E-state index contributed by atoms with van der Waals surface area (Å²) in [7, 11) is 0. The molecule has 4 aromatic heterocycles. The van der Waals surface area contributed by atoms with Crippen molar-refractivity contribution >= 4 is 22.3 Å². The first-order valence-corrected chi connectivity index (χ1v) is 16.3.